The van der Waals surface area contributed by atoms with Crippen LogP contribution in [0.15, 0.2) is 11.6 Å². The summed E-state index contributed by atoms with van der Waals surface area (Å²) >= 11 is 0. The Bertz CT molecular complexity index is 749. The first-order valence-corrected chi connectivity index (χ1v) is 11.2. The first kappa shape index (κ1) is 20.0. The predicted octanol–water partition coefficient (Wildman–Crippen LogP) is 5.17. The highest BCUT2D eigenvalue weighted by molar-refractivity contribution is 5.94. The number of ketones is 1. The quantitative estimate of drug-likeness (QED) is 0.617. The topological polar surface area (TPSA) is 51.2 Å². The van der Waals surface area contributed by atoms with E-state index in [1.165, 1.54) is 25.7 Å². The van der Waals surface area contributed by atoms with Gasteiger partial charge in [-0.25, -0.2) is 0 Å². The molecule has 0 heterocycles. The van der Waals surface area contributed by atoms with Gasteiger partial charge in [0.05, 0.1) is 5.92 Å². The normalized spacial score (nSPS) is 49.9. The Labute approximate surface area is 169 Å². The standard InChI is InChI=1S/C25H36O3/c1-22(2)10-6-11-23(3)18(22)9-12-24(4)19-8-7-16(14-26)17(15-27)25(19,5)21(28)13-20(23)24/h7,14-15,17-20H,6,8-13H2,1-5H3/t17-,18-,19-,20+,23-,24-,25+/m0/s1. The predicted molar refractivity (Wildman–Crippen MR) is 110 cm³/mol. The molecule has 4 aliphatic rings. The van der Waals surface area contributed by atoms with Crippen molar-refractivity contribution >= 4 is 18.4 Å². The SMILES string of the molecule is CC1(C)CCC[C@]2(C)[C@H]3CC(=O)[C@]4(C)[C@@H](C=O)C(C=O)=CC[C@H]4[C@]3(C)CC[C@@H]12. The monoisotopic (exact) mass is 384 g/mol. The van der Waals surface area contributed by atoms with Crippen LogP contribution in [0, 0.1) is 45.3 Å². The molecule has 0 aromatic carbocycles. The lowest BCUT2D eigenvalue weighted by Gasteiger charge is -2.68. The maximum absolute atomic E-state index is 13.7. The molecule has 7 atom stereocenters. The smallest absolute Gasteiger partial charge is 0.146 e. The van der Waals surface area contributed by atoms with Crippen LogP contribution in [0.1, 0.15) is 79.6 Å². The Kier molecular flexibility index (Phi) is 4.38. The van der Waals surface area contributed by atoms with Gasteiger partial charge in [0.1, 0.15) is 18.4 Å². The van der Waals surface area contributed by atoms with Crippen LogP contribution in [0.4, 0.5) is 0 Å². The Morgan fingerprint density at radius 1 is 0.929 bits per heavy atom. The van der Waals surface area contributed by atoms with Gasteiger partial charge >= 0.3 is 0 Å². The van der Waals surface area contributed by atoms with Gasteiger partial charge < -0.3 is 4.79 Å². The molecule has 3 heteroatoms. The molecule has 0 amide bonds. The van der Waals surface area contributed by atoms with Crippen LogP contribution >= 0.6 is 0 Å². The first-order chi connectivity index (χ1) is 13.1. The molecule has 154 valence electrons. The molecule has 0 saturated heterocycles. The minimum absolute atomic E-state index is 0.0491. The lowest BCUT2D eigenvalue weighted by molar-refractivity contribution is -0.198. The van der Waals surface area contributed by atoms with Gasteiger partial charge in [-0.1, -0.05) is 47.1 Å². The van der Waals surface area contributed by atoms with E-state index in [0.717, 1.165) is 25.4 Å². The van der Waals surface area contributed by atoms with E-state index in [0.29, 0.717) is 29.2 Å². The van der Waals surface area contributed by atoms with Crippen molar-refractivity contribution in [2.75, 3.05) is 0 Å². The summed E-state index contributed by atoms with van der Waals surface area (Å²) < 4.78 is 0. The van der Waals surface area contributed by atoms with Crippen molar-refractivity contribution in [1.82, 2.24) is 0 Å². The highest BCUT2D eigenvalue weighted by Crippen LogP contribution is 2.72. The fraction of sp³-hybridized carbons (Fsp3) is 0.800. The van der Waals surface area contributed by atoms with Crippen molar-refractivity contribution in [3.8, 4) is 0 Å². The van der Waals surface area contributed by atoms with E-state index in [1.807, 2.05) is 13.0 Å². The number of allylic oxidation sites excluding steroid dienone is 2. The molecule has 0 unspecified atom stereocenters. The van der Waals surface area contributed by atoms with E-state index in [2.05, 4.69) is 27.7 Å². The molecular weight excluding hydrogens is 348 g/mol. The van der Waals surface area contributed by atoms with E-state index in [1.54, 1.807) is 0 Å². The summed E-state index contributed by atoms with van der Waals surface area (Å²) in [4.78, 5) is 37.3. The van der Waals surface area contributed by atoms with Gasteiger partial charge in [0.25, 0.3) is 0 Å². The van der Waals surface area contributed by atoms with Gasteiger partial charge in [0.2, 0.25) is 0 Å². The van der Waals surface area contributed by atoms with Crippen LogP contribution in [0.3, 0.4) is 0 Å². The van der Waals surface area contributed by atoms with Gasteiger partial charge in [0.15, 0.2) is 0 Å². The molecule has 3 nitrogen and oxygen atoms in total. The van der Waals surface area contributed by atoms with E-state index in [9.17, 15) is 14.4 Å². The minimum atomic E-state index is -0.731. The average Bonchev–Trinajstić information content (AvgIpc) is 2.62. The number of aldehydes is 2. The Morgan fingerprint density at radius 2 is 1.61 bits per heavy atom. The zero-order chi connectivity index (χ0) is 20.5. The minimum Gasteiger partial charge on any atom is -0.303 e. The number of carbonyl (C=O) groups is 3. The average molecular weight is 385 g/mol. The number of fused-ring (bicyclic) bond motifs is 5. The summed E-state index contributed by atoms with van der Waals surface area (Å²) in [6, 6.07) is 0. The molecule has 3 saturated carbocycles. The summed E-state index contributed by atoms with van der Waals surface area (Å²) in [6.07, 6.45) is 11.0. The van der Waals surface area contributed by atoms with Gasteiger partial charge in [-0.3, -0.25) is 9.59 Å². The van der Waals surface area contributed by atoms with Crippen molar-refractivity contribution in [3.63, 3.8) is 0 Å². The van der Waals surface area contributed by atoms with Crippen LogP contribution in [-0.4, -0.2) is 18.4 Å². The fourth-order valence-electron chi connectivity index (χ4n) is 8.83. The van der Waals surface area contributed by atoms with Crippen molar-refractivity contribution in [2.24, 2.45) is 45.3 Å². The third kappa shape index (κ3) is 2.31. The third-order valence-electron chi connectivity index (χ3n) is 10.2. The lowest BCUT2D eigenvalue weighted by Crippen LogP contribution is -2.65. The number of rotatable bonds is 2. The van der Waals surface area contributed by atoms with E-state index in [4.69, 9.17) is 0 Å². The second-order valence-electron chi connectivity index (χ2n) is 11.6. The van der Waals surface area contributed by atoms with E-state index in [-0.39, 0.29) is 22.5 Å². The van der Waals surface area contributed by atoms with Gasteiger partial charge in [-0.05, 0) is 71.7 Å². The largest absolute Gasteiger partial charge is 0.303 e. The zero-order valence-corrected chi connectivity index (χ0v) is 18.2. The van der Waals surface area contributed by atoms with Crippen LogP contribution < -0.4 is 0 Å². The Balaban J connectivity index is 1.82. The van der Waals surface area contributed by atoms with E-state index >= 15 is 0 Å². The summed E-state index contributed by atoms with van der Waals surface area (Å²) in [5.41, 5.74) is 0.360. The highest BCUT2D eigenvalue weighted by Gasteiger charge is 2.68. The highest BCUT2D eigenvalue weighted by atomic mass is 16.1. The summed E-state index contributed by atoms with van der Waals surface area (Å²) in [6.45, 7) is 11.7. The number of Topliss-reactive ketones (excluding diaryl/α,β-unsaturated/α-hetero) is 1. The van der Waals surface area contributed by atoms with E-state index < -0.39 is 11.3 Å². The second kappa shape index (κ2) is 6.12. The third-order valence-corrected chi connectivity index (χ3v) is 10.2. The van der Waals surface area contributed by atoms with Crippen molar-refractivity contribution in [1.29, 1.82) is 0 Å². The van der Waals surface area contributed by atoms with Crippen molar-refractivity contribution in [2.45, 2.75) is 79.6 Å². The maximum atomic E-state index is 13.7. The molecule has 3 fully saturated rings. The fourth-order valence-corrected chi connectivity index (χ4v) is 8.83. The molecular formula is C25H36O3. The van der Waals surface area contributed by atoms with Crippen LogP contribution in [0.2, 0.25) is 0 Å². The zero-order valence-electron chi connectivity index (χ0n) is 18.2. The van der Waals surface area contributed by atoms with Gasteiger partial charge in [-0.15, -0.1) is 0 Å². The summed E-state index contributed by atoms with van der Waals surface area (Å²) in [5, 5.41) is 0. The number of hydrogen-bond donors (Lipinski definition) is 0. The Morgan fingerprint density at radius 3 is 2.25 bits per heavy atom. The summed E-state index contributed by atoms with van der Waals surface area (Å²) in [5.74, 6) is 0.822. The molecule has 0 bridgehead atoms. The molecule has 0 spiro atoms. The van der Waals surface area contributed by atoms with Gasteiger partial charge in [-0.2, -0.15) is 0 Å². The molecule has 0 aromatic heterocycles. The molecule has 28 heavy (non-hydrogen) atoms. The summed E-state index contributed by atoms with van der Waals surface area (Å²) in [7, 11) is 0. The van der Waals surface area contributed by atoms with Gasteiger partial charge in [0, 0.05) is 11.8 Å². The first-order valence-electron chi connectivity index (χ1n) is 11.2. The molecule has 0 aliphatic heterocycles. The number of hydrogen-bond acceptors (Lipinski definition) is 3. The second-order valence-corrected chi connectivity index (χ2v) is 11.6. The van der Waals surface area contributed by atoms with Crippen LogP contribution in [0.5, 0.6) is 0 Å². The van der Waals surface area contributed by atoms with Crippen LogP contribution in [0.25, 0.3) is 0 Å². The Hall–Kier alpha value is -1.25. The molecule has 4 rings (SSSR count). The molecule has 0 radical (unpaired) electrons. The molecule has 0 aromatic rings. The lowest BCUT2D eigenvalue weighted by atomic mass is 9.35. The number of carbonyl (C=O) groups excluding carboxylic acids is 3. The van der Waals surface area contributed by atoms with Crippen LogP contribution in [-0.2, 0) is 14.4 Å². The maximum Gasteiger partial charge on any atom is 0.146 e. The molecule has 4 aliphatic carbocycles. The van der Waals surface area contributed by atoms with Crippen molar-refractivity contribution < 1.29 is 14.4 Å². The van der Waals surface area contributed by atoms with Crippen molar-refractivity contribution in [3.05, 3.63) is 11.6 Å². The molecule has 0 N–H and O–H groups in total.